The molecule has 7 heteroatoms. The van der Waals surface area contributed by atoms with Gasteiger partial charge in [-0.1, -0.05) is 61.0 Å². The quantitative estimate of drug-likeness (QED) is 0.568. The van der Waals surface area contributed by atoms with Gasteiger partial charge < -0.3 is 15.1 Å². The largest absolute Gasteiger partial charge is 0.355 e. The van der Waals surface area contributed by atoms with Gasteiger partial charge in [0.15, 0.2) is 0 Å². The molecule has 0 aromatic heterocycles. The molecule has 2 aromatic rings. The van der Waals surface area contributed by atoms with E-state index in [-0.39, 0.29) is 35.5 Å². The third-order valence-electron chi connectivity index (χ3n) is 7.49. The fourth-order valence-electron chi connectivity index (χ4n) is 5.48. The Labute approximate surface area is 222 Å². The molecule has 0 saturated carbocycles. The smallest absolute Gasteiger partial charge is 0.270 e. The summed E-state index contributed by atoms with van der Waals surface area (Å²) in [5.41, 5.74) is 3.68. The number of halogens is 2. The normalized spacial score (nSPS) is 21.4. The number of nitrogens with one attached hydrogen (secondary N) is 1. The maximum atomic E-state index is 13.7. The van der Waals surface area contributed by atoms with Gasteiger partial charge in [0.2, 0.25) is 5.91 Å². The highest BCUT2D eigenvalue weighted by atomic mass is 35.5. The molecule has 5 rings (SSSR count). The van der Waals surface area contributed by atoms with E-state index < -0.39 is 0 Å². The van der Waals surface area contributed by atoms with Crippen LogP contribution in [0.15, 0.2) is 84.1 Å². The lowest BCUT2D eigenvalue weighted by Crippen LogP contribution is -2.46. The predicted octanol–water partition coefficient (Wildman–Crippen LogP) is 5.23. The Hall–Kier alpha value is -3.38. The van der Waals surface area contributed by atoms with Gasteiger partial charge in [-0.2, -0.15) is 0 Å². The minimum Gasteiger partial charge on any atom is -0.355 e. The molecule has 2 aliphatic heterocycles. The number of piperidine rings is 1. The first-order valence-corrected chi connectivity index (χ1v) is 13.2. The molecule has 2 amide bonds. The molecule has 1 N–H and O–H groups in total. The van der Waals surface area contributed by atoms with Crippen LogP contribution in [0.1, 0.15) is 30.9 Å². The number of benzene rings is 2. The van der Waals surface area contributed by atoms with Crippen LogP contribution in [0.4, 0.5) is 4.39 Å². The first kappa shape index (κ1) is 25.3. The van der Waals surface area contributed by atoms with Gasteiger partial charge in [-0.25, -0.2) is 4.39 Å². The third kappa shape index (κ3) is 5.64. The Bertz CT molecular complexity index is 1260. The van der Waals surface area contributed by atoms with E-state index in [1.165, 1.54) is 12.1 Å². The zero-order valence-electron chi connectivity index (χ0n) is 20.9. The van der Waals surface area contributed by atoms with E-state index in [9.17, 15) is 14.0 Å². The third-order valence-corrected chi connectivity index (χ3v) is 7.74. The highest BCUT2D eigenvalue weighted by Gasteiger charge is 2.39. The molecule has 2 atom stereocenters. The summed E-state index contributed by atoms with van der Waals surface area (Å²) in [7, 11) is 0. The Balaban J connectivity index is 1.23. The van der Waals surface area contributed by atoms with Crippen molar-refractivity contribution in [2.24, 2.45) is 11.8 Å². The molecule has 0 radical (unpaired) electrons. The number of nitrogens with zero attached hydrogens (tertiary/aromatic N) is 2. The molecule has 0 bridgehead atoms. The standard InChI is InChI=1S/C30H31ClFN3O2/c1-20-4-2-6-24-17-27(35(28(20)24)19-21-8-10-25(31)11-9-21)30(37)34-14-12-23(13-15-34)29(36)33-18-22-5-3-7-26(32)16-22/h2-11,16-17,20,23,28H,12-15,18-19H2,1H3,(H,33,36). The summed E-state index contributed by atoms with van der Waals surface area (Å²) in [6.07, 6.45) is 9.58. The minimum atomic E-state index is -0.314. The van der Waals surface area contributed by atoms with Crippen molar-refractivity contribution in [3.63, 3.8) is 0 Å². The van der Waals surface area contributed by atoms with Crippen LogP contribution in [0.3, 0.4) is 0 Å². The molecule has 2 heterocycles. The van der Waals surface area contributed by atoms with Crippen LogP contribution in [0.5, 0.6) is 0 Å². The summed E-state index contributed by atoms with van der Waals surface area (Å²) in [5.74, 6) is -0.228. The van der Waals surface area contributed by atoms with E-state index >= 15 is 0 Å². The number of rotatable bonds is 6. The van der Waals surface area contributed by atoms with Crippen molar-refractivity contribution >= 4 is 23.4 Å². The van der Waals surface area contributed by atoms with Crippen LogP contribution in [0, 0.1) is 17.7 Å². The minimum absolute atomic E-state index is 0.00934. The molecule has 37 heavy (non-hydrogen) atoms. The highest BCUT2D eigenvalue weighted by Crippen LogP contribution is 2.37. The highest BCUT2D eigenvalue weighted by molar-refractivity contribution is 6.30. The summed E-state index contributed by atoms with van der Waals surface area (Å²) in [6, 6.07) is 14.1. The number of hydrogen-bond acceptors (Lipinski definition) is 3. The number of allylic oxidation sites excluding steroid dienone is 2. The Morgan fingerprint density at radius 2 is 1.84 bits per heavy atom. The second kappa shape index (κ2) is 10.9. The van der Waals surface area contributed by atoms with Gasteiger partial charge >= 0.3 is 0 Å². The van der Waals surface area contributed by atoms with Gasteiger partial charge in [0.05, 0.1) is 6.04 Å². The van der Waals surface area contributed by atoms with Crippen molar-refractivity contribution < 1.29 is 14.0 Å². The van der Waals surface area contributed by atoms with Crippen LogP contribution in [0.25, 0.3) is 0 Å². The number of likely N-dealkylation sites (tertiary alicyclic amines) is 1. The molecule has 2 unspecified atom stereocenters. The summed E-state index contributed by atoms with van der Waals surface area (Å²) >= 11 is 6.09. The van der Waals surface area contributed by atoms with Crippen molar-refractivity contribution in [3.8, 4) is 0 Å². The summed E-state index contributed by atoms with van der Waals surface area (Å²) in [4.78, 5) is 30.5. The molecular weight excluding hydrogens is 489 g/mol. The van der Waals surface area contributed by atoms with Crippen molar-refractivity contribution in [2.75, 3.05) is 13.1 Å². The topological polar surface area (TPSA) is 52.7 Å². The van der Waals surface area contributed by atoms with Crippen LogP contribution in [-0.2, 0) is 22.7 Å². The second-order valence-electron chi connectivity index (χ2n) is 10.1. The van der Waals surface area contributed by atoms with Gasteiger partial charge in [-0.05, 0) is 65.8 Å². The first-order chi connectivity index (χ1) is 17.9. The Morgan fingerprint density at radius 1 is 1.08 bits per heavy atom. The monoisotopic (exact) mass is 519 g/mol. The lowest BCUT2D eigenvalue weighted by molar-refractivity contribution is -0.134. The predicted molar refractivity (Wildman–Crippen MR) is 143 cm³/mol. The molecule has 1 saturated heterocycles. The van der Waals surface area contributed by atoms with Gasteiger partial charge in [-0.3, -0.25) is 9.59 Å². The SMILES string of the molecule is CC1C=CC=C2C=C(C(=O)N3CCC(C(=O)NCc4cccc(F)c4)CC3)N(Cc3ccc(Cl)cc3)C21. The second-order valence-corrected chi connectivity index (χ2v) is 10.5. The molecule has 192 valence electrons. The van der Waals surface area contributed by atoms with E-state index in [4.69, 9.17) is 11.6 Å². The summed E-state index contributed by atoms with van der Waals surface area (Å²) in [5, 5.41) is 3.61. The molecule has 1 fully saturated rings. The lowest BCUT2D eigenvalue weighted by atomic mass is 9.90. The molecule has 5 nitrogen and oxygen atoms in total. The zero-order valence-corrected chi connectivity index (χ0v) is 21.6. The van der Waals surface area contributed by atoms with Gasteiger partial charge in [-0.15, -0.1) is 0 Å². The Morgan fingerprint density at radius 3 is 2.57 bits per heavy atom. The van der Waals surface area contributed by atoms with Gasteiger partial charge in [0, 0.05) is 37.1 Å². The maximum Gasteiger partial charge on any atom is 0.270 e. The number of hydrogen-bond donors (Lipinski definition) is 1. The first-order valence-electron chi connectivity index (χ1n) is 12.8. The number of fused-ring (bicyclic) bond motifs is 1. The van der Waals surface area contributed by atoms with Crippen LogP contribution in [-0.4, -0.2) is 40.7 Å². The molecule has 1 aliphatic carbocycles. The molecule has 3 aliphatic rings. The fraction of sp³-hybridized carbons (Fsp3) is 0.333. The average Bonchev–Trinajstić information content (AvgIpc) is 3.27. The van der Waals surface area contributed by atoms with E-state index in [2.05, 4.69) is 35.4 Å². The van der Waals surface area contributed by atoms with Crippen molar-refractivity contribution in [3.05, 3.63) is 106 Å². The average molecular weight is 520 g/mol. The van der Waals surface area contributed by atoms with Crippen LogP contribution < -0.4 is 5.32 Å². The van der Waals surface area contributed by atoms with Crippen molar-refractivity contribution in [1.29, 1.82) is 0 Å². The maximum absolute atomic E-state index is 13.7. The summed E-state index contributed by atoms with van der Waals surface area (Å²) < 4.78 is 13.4. The zero-order chi connectivity index (χ0) is 25.9. The van der Waals surface area contributed by atoms with E-state index in [0.29, 0.717) is 49.7 Å². The van der Waals surface area contributed by atoms with E-state index in [1.54, 1.807) is 12.1 Å². The lowest BCUT2D eigenvalue weighted by Gasteiger charge is -2.37. The van der Waals surface area contributed by atoms with Crippen LogP contribution in [0.2, 0.25) is 5.02 Å². The van der Waals surface area contributed by atoms with E-state index in [1.807, 2.05) is 35.2 Å². The molecular formula is C30H31ClFN3O2. The van der Waals surface area contributed by atoms with Crippen LogP contribution >= 0.6 is 11.6 Å². The molecule has 0 spiro atoms. The van der Waals surface area contributed by atoms with E-state index in [0.717, 1.165) is 16.7 Å². The Kier molecular flexibility index (Phi) is 7.47. The summed E-state index contributed by atoms with van der Waals surface area (Å²) in [6.45, 7) is 4.15. The number of carbonyl (C=O) groups is 2. The van der Waals surface area contributed by atoms with Crippen molar-refractivity contribution in [2.45, 2.75) is 38.9 Å². The fourth-order valence-corrected chi connectivity index (χ4v) is 5.61. The number of carbonyl (C=O) groups excluding carboxylic acids is 2. The van der Waals surface area contributed by atoms with Gasteiger partial charge in [0.1, 0.15) is 11.5 Å². The molecule has 2 aromatic carbocycles. The van der Waals surface area contributed by atoms with Crippen molar-refractivity contribution in [1.82, 2.24) is 15.1 Å². The number of amides is 2. The van der Waals surface area contributed by atoms with Gasteiger partial charge in [0.25, 0.3) is 5.91 Å².